The molecular weight excluding hydrogens is 167 g/mol. The number of rotatable bonds is 1. The molecule has 0 aromatic heterocycles. The second-order valence-electron chi connectivity index (χ2n) is 2.15. The summed E-state index contributed by atoms with van der Waals surface area (Å²) in [5.74, 6) is -1.04. The van der Waals surface area contributed by atoms with Gasteiger partial charge in [-0.1, -0.05) is 0 Å². The van der Waals surface area contributed by atoms with Crippen molar-refractivity contribution < 1.29 is 13.2 Å². The van der Waals surface area contributed by atoms with E-state index in [1.54, 1.807) is 6.07 Å². The van der Waals surface area contributed by atoms with Gasteiger partial charge < -0.3 is 0 Å². The maximum absolute atomic E-state index is 12.7. The van der Waals surface area contributed by atoms with Crippen LogP contribution in [0.15, 0.2) is 18.2 Å². The van der Waals surface area contributed by atoms with Gasteiger partial charge in [0, 0.05) is 0 Å². The van der Waals surface area contributed by atoms with Crippen molar-refractivity contribution in [2.75, 3.05) is 0 Å². The molecule has 0 atom stereocenters. The topological polar surface area (TPSA) is 23.8 Å². The van der Waals surface area contributed by atoms with Gasteiger partial charge in [0.05, 0.1) is 17.2 Å². The Morgan fingerprint density at radius 1 is 1.33 bits per heavy atom. The lowest BCUT2D eigenvalue weighted by atomic mass is 10.1. The van der Waals surface area contributed by atoms with Crippen LogP contribution in [0.5, 0.6) is 0 Å². The fourth-order valence-corrected chi connectivity index (χ4v) is 0.774. The first-order chi connectivity index (χ1) is 5.65. The Kier molecular flexibility index (Phi) is 2.34. The van der Waals surface area contributed by atoms with Crippen molar-refractivity contribution in [3.8, 4) is 6.07 Å². The highest BCUT2D eigenvalue weighted by Crippen LogP contribution is 2.22. The number of alkyl halides is 2. The number of halogens is 3. The second-order valence-corrected chi connectivity index (χ2v) is 2.15. The minimum atomic E-state index is -2.84. The third-order valence-corrected chi connectivity index (χ3v) is 1.36. The highest BCUT2D eigenvalue weighted by Gasteiger charge is 2.12. The summed E-state index contributed by atoms with van der Waals surface area (Å²) in [5.41, 5.74) is -0.633. The van der Waals surface area contributed by atoms with Crippen molar-refractivity contribution in [1.29, 1.82) is 5.26 Å². The number of hydrogen-bond donors (Lipinski definition) is 0. The lowest BCUT2D eigenvalue weighted by Crippen LogP contribution is -1.90. The van der Waals surface area contributed by atoms with E-state index >= 15 is 0 Å². The van der Waals surface area contributed by atoms with Crippen LogP contribution in [-0.4, -0.2) is 0 Å². The lowest BCUT2D eigenvalue weighted by Gasteiger charge is -2.00. The van der Waals surface area contributed by atoms with Gasteiger partial charge in [-0.05, 0) is 18.2 Å². The predicted octanol–water partition coefficient (Wildman–Crippen LogP) is 2.63. The van der Waals surface area contributed by atoms with E-state index in [1.807, 2.05) is 0 Å². The van der Waals surface area contributed by atoms with Crippen LogP contribution in [0.25, 0.3) is 0 Å². The molecule has 0 amide bonds. The van der Waals surface area contributed by atoms with Crippen molar-refractivity contribution in [3.63, 3.8) is 0 Å². The summed E-state index contributed by atoms with van der Waals surface area (Å²) in [6.07, 6.45) is -2.84. The molecule has 1 rings (SSSR count). The molecule has 0 saturated carbocycles. The van der Waals surface area contributed by atoms with Crippen molar-refractivity contribution in [1.82, 2.24) is 0 Å². The van der Waals surface area contributed by atoms with Crippen molar-refractivity contribution in [2.45, 2.75) is 6.43 Å². The molecule has 0 radical (unpaired) electrons. The maximum Gasteiger partial charge on any atom is 0.266 e. The van der Waals surface area contributed by atoms with Crippen LogP contribution in [0, 0.1) is 17.1 Å². The molecule has 1 aromatic carbocycles. The molecule has 0 aliphatic carbocycles. The van der Waals surface area contributed by atoms with Gasteiger partial charge in [-0.25, -0.2) is 13.2 Å². The molecule has 0 heterocycles. The first-order valence-electron chi connectivity index (χ1n) is 3.13. The highest BCUT2D eigenvalue weighted by molar-refractivity contribution is 5.33. The van der Waals surface area contributed by atoms with Gasteiger partial charge in [0.1, 0.15) is 5.82 Å². The van der Waals surface area contributed by atoms with Gasteiger partial charge in [0.2, 0.25) is 0 Å². The minimum absolute atomic E-state index is 0.0388. The average Bonchev–Trinajstić information content (AvgIpc) is 2.03. The molecule has 0 bridgehead atoms. The van der Waals surface area contributed by atoms with Crippen molar-refractivity contribution in [3.05, 3.63) is 35.1 Å². The molecule has 0 spiro atoms. The van der Waals surface area contributed by atoms with E-state index in [-0.39, 0.29) is 5.56 Å². The van der Waals surface area contributed by atoms with Crippen molar-refractivity contribution in [2.24, 2.45) is 0 Å². The zero-order valence-electron chi connectivity index (χ0n) is 5.89. The standard InChI is InChI=1S/C8H4F3N/c9-7-3-5(4-12)1-2-6(7)8(10)11/h1-3,8H. The van der Waals surface area contributed by atoms with E-state index < -0.39 is 17.8 Å². The number of nitrogens with zero attached hydrogens (tertiary/aromatic N) is 1. The summed E-state index contributed by atoms with van der Waals surface area (Å²) in [6, 6.07) is 4.51. The smallest absolute Gasteiger partial charge is 0.206 e. The first-order valence-corrected chi connectivity index (χ1v) is 3.13. The highest BCUT2D eigenvalue weighted by atomic mass is 19.3. The Labute approximate surface area is 67.1 Å². The van der Waals surface area contributed by atoms with Crippen LogP contribution < -0.4 is 0 Å². The Hall–Kier alpha value is -1.50. The fourth-order valence-electron chi connectivity index (χ4n) is 0.774. The van der Waals surface area contributed by atoms with Crippen LogP contribution in [0.1, 0.15) is 17.6 Å². The largest absolute Gasteiger partial charge is 0.266 e. The molecule has 0 aliphatic rings. The van der Waals surface area contributed by atoms with Gasteiger partial charge in [-0.3, -0.25) is 0 Å². The molecule has 0 N–H and O–H groups in total. The zero-order chi connectivity index (χ0) is 9.14. The molecule has 1 nitrogen and oxygen atoms in total. The van der Waals surface area contributed by atoms with Crippen LogP contribution in [0.3, 0.4) is 0 Å². The summed E-state index contributed by atoms with van der Waals surface area (Å²) < 4.78 is 36.5. The van der Waals surface area contributed by atoms with Gasteiger partial charge in [0.25, 0.3) is 6.43 Å². The predicted molar refractivity (Wildman–Crippen MR) is 36.1 cm³/mol. The Morgan fingerprint density at radius 2 is 2.00 bits per heavy atom. The summed E-state index contributed by atoms with van der Waals surface area (Å²) in [5, 5.41) is 8.29. The van der Waals surface area contributed by atoms with E-state index in [9.17, 15) is 13.2 Å². The minimum Gasteiger partial charge on any atom is -0.206 e. The SMILES string of the molecule is N#Cc1ccc(C(F)F)c(F)c1. The number of hydrogen-bond acceptors (Lipinski definition) is 1. The first kappa shape index (κ1) is 8.60. The van der Waals surface area contributed by atoms with E-state index in [0.29, 0.717) is 0 Å². The molecule has 1 aromatic rings. The quantitative estimate of drug-likeness (QED) is 0.637. The summed E-state index contributed by atoms with van der Waals surface area (Å²) in [7, 11) is 0. The van der Waals surface area contributed by atoms with E-state index in [2.05, 4.69) is 0 Å². The third-order valence-electron chi connectivity index (χ3n) is 1.36. The van der Waals surface area contributed by atoms with Crippen LogP contribution >= 0.6 is 0 Å². The van der Waals surface area contributed by atoms with E-state index in [1.165, 1.54) is 0 Å². The Balaban J connectivity index is 3.14. The molecule has 62 valence electrons. The molecule has 4 heteroatoms. The zero-order valence-corrected chi connectivity index (χ0v) is 5.89. The van der Waals surface area contributed by atoms with Gasteiger partial charge >= 0.3 is 0 Å². The Morgan fingerprint density at radius 3 is 2.42 bits per heavy atom. The number of benzene rings is 1. The fraction of sp³-hybridized carbons (Fsp3) is 0.125. The summed E-state index contributed by atoms with van der Waals surface area (Å²) in [4.78, 5) is 0. The summed E-state index contributed by atoms with van der Waals surface area (Å²) >= 11 is 0. The second kappa shape index (κ2) is 3.26. The van der Waals surface area contributed by atoms with Crippen molar-refractivity contribution >= 4 is 0 Å². The number of nitriles is 1. The average molecular weight is 171 g/mol. The van der Waals surface area contributed by atoms with Gasteiger partial charge in [0.15, 0.2) is 0 Å². The normalized spacial score (nSPS) is 9.92. The molecule has 0 saturated heterocycles. The maximum atomic E-state index is 12.7. The lowest BCUT2D eigenvalue weighted by molar-refractivity contribution is 0.146. The van der Waals surface area contributed by atoms with Crippen LogP contribution in [-0.2, 0) is 0 Å². The van der Waals surface area contributed by atoms with Gasteiger partial charge in [-0.15, -0.1) is 0 Å². The molecular formula is C8H4F3N. The van der Waals surface area contributed by atoms with E-state index in [4.69, 9.17) is 5.26 Å². The summed E-state index contributed by atoms with van der Waals surface area (Å²) in [6.45, 7) is 0. The molecule has 0 aliphatic heterocycles. The van der Waals surface area contributed by atoms with Crippen LogP contribution in [0.2, 0.25) is 0 Å². The molecule has 12 heavy (non-hydrogen) atoms. The van der Waals surface area contributed by atoms with E-state index in [0.717, 1.165) is 18.2 Å². The molecule has 0 fully saturated rings. The Bertz CT molecular complexity index is 328. The molecule has 0 unspecified atom stereocenters. The third kappa shape index (κ3) is 1.56. The van der Waals surface area contributed by atoms with Crippen LogP contribution in [0.4, 0.5) is 13.2 Å². The monoisotopic (exact) mass is 171 g/mol. The van der Waals surface area contributed by atoms with Gasteiger partial charge in [-0.2, -0.15) is 5.26 Å².